The number of fused-ring (bicyclic) bond motifs is 7. The lowest BCUT2D eigenvalue weighted by Crippen LogP contribution is -2.11. The molecule has 0 spiro atoms. The van der Waals surface area contributed by atoms with Crippen molar-refractivity contribution in [2.45, 2.75) is 0 Å². The van der Waals surface area contributed by atoms with E-state index in [0.29, 0.717) is 0 Å². The predicted molar refractivity (Wildman–Crippen MR) is 201 cm³/mol. The minimum Gasteiger partial charge on any atom is -0.310 e. The highest BCUT2D eigenvalue weighted by Gasteiger charge is 2.21. The molecule has 0 saturated heterocycles. The van der Waals surface area contributed by atoms with Crippen molar-refractivity contribution in [2.24, 2.45) is 0 Å². The summed E-state index contributed by atoms with van der Waals surface area (Å²) in [5.41, 5.74) is 9.30. The first-order chi connectivity index (χ1) is 22.7. The molecule has 218 valence electrons. The number of halogens is 1. The van der Waals surface area contributed by atoms with E-state index in [-0.39, 0.29) is 0 Å². The first-order valence-electron chi connectivity index (χ1n) is 15.4. The summed E-state index contributed by atoms with van der Waals surface area (Å²) in [4.78, 5) is 2.39. The van der Waals surface area contributed by atoms with Gasteiger partial charge in [0.1, 0.15) is 0 Å². The lowest BCUT2D eigenvalue weighted by molar-refractivity contribution is 1.18. The molecule has 0 aliphatic rings. The Morgan fingerprint density at radius 3 is 2.02 bits per heavy atom. The molecular weight excluding hydrogens is 644 g/mol. The number of nitrogens with zero attached hydrogens (tertiary/aromatic N) is 2. The highest BCUT2D eigenvalue weighted by atomic mass is 79.9. The second kappa shape index (κ2) is 11.0. The second-order valence-corrected chi connectivity index (χ2v) is 13.5. The zero-order valence-corrected chi connectivity index (χ0v) is 27.2. The summed E-state index contributed by atoms with van der Waals surface area (Å²) < 4.78 is 6.17. The average molecular weight is 672 g/mol. The molecule has 0 aliphatic carbocycles. The molecular formula is C42H27BrN2S. The van der Waals surface area contributed by atoms with Gasteiger partial charge in [-0.25, -0.2) is 0 Å². The molecule has 7 aromatic carbocycles. The largest absolute Gasteiger partial charge is 0.310 e. The summed E-state index contributed by atoms with van der Waals surface area (Å²) >= 11 is 5.50. The first-order valence-corrected chi connectivity index (χ1v) is 17.0. The van der Waals surface area contributed by atoms with E-state index in [0.717, 1.165) is 27.2 Å². The van der Waals surface area contributed by atoms with Crippen molar-refractivity contribution in [3.8, 4) is 16.8 Å². The van der Waals surface area contributed by atoms with Crippen LogP contribution in [-0.4, -0.2) is 4.57 Å². The van der Waals surface area contributed by atoms with E-state index in [1.165, 1.54) is 53.1 Å². The Labute approximate surface area is 279 Å². The maximum Gasteiger partial charge on any atom is 0.0719 e. The third kappa shape index (κ3) is 4.37. The minimum atomic E-state index is 1.07. The summed E-state index contributed by atoms with van der Waals surface area (Å²) in [5.74, 6) is 0. The number of para-hydroxylation sites is 3. The summed E-state index contributed by atoms with van der Waals surface area (Å²) in [6.45, 7) is 0. The Morgan fingerprint density at radius 1 is 0.522 bits per heavy atom. The Bertz CT molecular complexity index is 2530. The molecule has 0 N–H and O–H groups in total. The molecule has 0 fully saturated rings. The van der Waals surface area contributed by atoms with Crippen molar-refractivity contribution in [3.63, 3.8) is 0 Å². The summed E-state index contributed by atoms with van der Waals surface area (Å²) in [6.07, 6.45) is 0. The number of aromatic nitrogens is 1. The van der Waals surface area contributed by atoms with Crippen LogP contribution in [0, 0.1) is 0 Å². The average Bonchev–Trinajstić information content (AvgIpc) is 3.66. The van der Waals surface area contributed by atoms with E-state index >= 15 is 0 Å². The SMILES string of the molecule is Brc1ccc(-c2ccccc2N(c2ccccc2)c2ccc3c4ccc5c6ccccc6sc5c4n(-c4ccccc4)c3c2)cc1. The zero-order chi connectivity index (χ0) is 30.6. The van der Waals surface area contributed by atoms with Gasteiger partial charge in [0.25, 0.3) is 0 Å². The van der Waals surface area contributed by atoms with Gasteiger partial charge in [0.15, 0.2) is 0 Å². The number of thiophene rings is 1. The third-order valence-corrected chi connectivity index (χ3v) is 10.6. The van der Waals surface area contributed by atoms with Gasteiger partial charge in [-0.2, -0.15) is 0 Å². The molecule has 0 unspecified atom stereocenters. The molecule has 2 heterocycles. The van der Waals surface area contributed by atoms with Crippen LogP contribution in [-0.2, 0) is 0 Å². The van der Waals surface area contributed by atoms with Crippen LogP contribution in [0.15, 0.2) is 168 Å². The molecule has 46 heavy (non-hydrogen) atoms. The highest BCUT2D eigenvalue weighted by Crippen LogP contribution is 2.46. The minimum absolute atomic E-state index is 1.07. The van der Waals surface area contributed by atoms with Crippen LogP contribution in [0.4, 0.5) is 17.1 Å². The molecule has 0 amide bonds. The van der Waals surface area contributed by atoms with Gasteiger partial charge in [0, 0.05) is 53.3 Å². The fourth-order valence-electron chi connectivity index (χ4n) is 6.80. The van der Waals surface area contributed by atoms with Crippen LogP contribution < -0.4 is 4.90 Å². The van der Waals surface area contributed by atoms with Crippen LogP contribution in [0.1, 0.15) is 0 Å². The molecule has 2 aromatic heterocycles. The fraction of sp³-hybridized carbons (Fsp3) is 0. The van der Waals surface area contributed by atoms with Crippen molar-refractivity contribution >= 4 is 86.3 Å². The Balaban J connectivity index is 1.35. The predicted octanol–water partition coefficient (Wildman–Crippen LogP) is 13.1. The molecule has 0 aliphatic heterocycles. The van der Waals surface area contributed by atoms with E-state index in [2.05, 4.69) is 189 Å². The van der Waals surface area contributed by atoms with E-state index in [1.54, 1.807) is 0 Å². The van der Waals surface area contributed by atoms with Gasteiger partial charge < -0.3 is 9.47 Å². The maximum absolute atomic E-state index is 3.62. The van der Waals surface area contributed by atoms with Crippen LogP contribution >= 0.6 is 27.3 Å². The van der Waals surface area contributed by atoms with Crippen molar-refractivity contribution in [2.75, 3.05) is 4.90 Å². The zero-order valence-electron chi connectivity index (χ0n) is 24.8. The van der Waals surface area contributed by atoms with Gasteiger partial charge in [-0.05, 0) is 66.2 Å². The Hall–Kier alpha value is -5.16. The van der Waals surface area contributed by atoms with Crippen LogP contribution in [0.2, 0.25) is 0 Å². The van der Waals surface area contributed by atoms with E-state index < -0.39 is 0 Å². The monoisotopic (exact) mass is 670 g/mol. The lowest BCUT2D eigenvalue weighted by Gasteiger charge is -2.28. The Kier molecular flexibility index (Phi) is 6.51. The quantitative estimate of drug-likeness (QED) is 0.177. The molecule has 4 heteroatoms. The topological polar surface area (TPSA) is 8.17 Å². The summed E-state index contributed by atoms with van der Waals surface area (Å²) in [5, 5.41) is 5.14. The number of benzene rings is 7. The molecule has 0 saturated carbocycles. The van der Waals surface area contributed by atoms with Gasteiger partial charge in [0.05, 0.1) is 21.4 Å². The molecule has 0 radical (unpaired) electrons. The molecule has 9 aromatic rings. The third-order valence-electron chi connectivity index (χ3n) is 8.84. The van der Waals surface area contributed by atoms with Gasteiger partial charge in [-0.3, -0.25) is 0 Å². The van der Waals surface area contributed by atoms with Gasteiger partial charge in [-0.15, -0.1) is 11.3 Å². The standard InChI is InChI=1S/C42H27BrN2S/c43-29-21-19-28(20-22-29)33-15-7-9-17-38(33)44(30-11-3-1-4-12-30)32-23-24-34-36-25-26-37-35-16-8-10-18-40(35)46-42(37)41(36)45(39(34)27-32)31-13-5-2-6-14-31/h1-27H. The summed E-state index contributed by atoms with van der Waals surface area (Å²) in [7, 11) is 0. The number of anilines is 3. The van der Waals surface area contributed by atoms with Crippen molar-refractivity contribution in [3.05, 3.63) is 168 Å². The molecule has 0 bridgehead atoms. The van der Waals surface area contributed by atoms with E-state index in [4.69, 9.17) is 0 Å². The van der Waals surface area contributed by atoms with E-state index in [9.17, 15) is 0 Å². The van der Waals surface area contributed by atoms with Crippen LogP contribution in [0.5, 0.6) is 0 Å². The van der Waals surface area contributed by atoms with Crippen molar-refractivity contribution in [1.29, 1.82) is 0 Å². The first kappa shape index (κ1) is 27.2. The maximum atomic E-state index is 3.62. The van der Waals surface area contributed by atoms with Crippen molar-refractivity contribution in [1.82, 2.24) is 4.57 Å². The number of rotatable bonds is 5. The Morgan fingerprint density at radius 2 is 1.20 bits per heavy atom. The number of hydrogen-bond acceptors (Lipinski definition) is 2. The molecule has 0 atom stereocenters. The highest BCUT2D eigenvalue weighted by molar-refractivity contribution is 9.10. The second-order valence-electron chi connectivity index (χ2n) is 11.5. The van der Waals surface area contributed by atoms with Gasteiger partial charge in [-0.1, -0.05) is 119 Å². The van der Waals surface area contributed by atoms with Crippen molar-refractivity contribution < 1.29 is 0 Å². The molecule has 2 nitrogen and oxygen atoms in total. The van der Waals surface area contributed by atoms with Crippen LogP contribution in [0.3, 0.4) is 0 Å². The lowest BCUT2D eigenvalue weighted by atomic mass is 10.0. The summed E-state index contributed by atoms with van der Waals surface area (Å²) in [6, 6.07) is 59.1. The van der Waals surface area contributed by atoms with Gasteiger partial charge in [0.2, 0.25) is 0 Å². The smallest absolute Gasteiger partial charge is 0.0719 e. The van der Waals surface area contributed by atoms with E-state index in [1.807, 2.05) is 11.3 Å². The number of hydrogen-bond donors (Lipinski definition) is 0. The normalized spacial score (nSPS) is 11.6. The molecule has 9 rings (SSSR count). The van der Waals surface area contributed by atoms with Crippen LogP contribution in [0.25, 0.3) is 58.8 Å². The fourth-order valence-corrected chi connectivity index (χ4v) is 8.30. The van der Waals surface area contributed by atoms with Gasteiger partial charge >= 0.3 is 0 Å².